The zero-order valence-electron chi connectivity index (χ0n) is 23.2. The van der Waals surface area contributed by atoms with Crippen LogP contribution in [0, 0.1) is 0 Å². The molecule has 4 amide bonds. The lowest BCUT2D eigenvalue weighted by Crippen LogP contribution is -2.33. The molecule has 0 saturated carbocycles. The van der Waals surface area contributed by atoms with Gasteiger partial charge in [-0.15, -0.1) is 0 Å². The Labute approximate surface area is 231 Å². The van der Waals surface area contributed by atoms with E-state index in [-0.39, 0.29) is 23.6 Å². The Kier molecular flexibility index (Phi) is 10.0. The van der Waals surface area contributed by atoms with Gasteiger partial charge in [0.05, 0.1) is 22.3 Å². The minimum absolute atomic E-state index is 0.174. The third kappa shape index (κ3) is 6.99. The van der Waals surface area contributed by atoms with Gasteiger partial charge in [0.1, 0.15) is 0 Å². The summed E-state index contributed by atoms with van der Waals surface area (Å²) in [6.45, 7) is 4.67. The first-order valence-corrected chi connectivity index (χ1v) is 14.2. The van der Waals surface area contributed by atoms with Crippen molar-refractivity contribution >= 4 is 23.6 Å². The molecule has 0 aliphatic carbocycles. The second-order valence-corrected chi connectivity index (χ2v) is 10.7. The minimum Gasteiger partial charge on any atom is -0.306 e. The van der Waals surface area contributed by atoms with Gasteiger partial charge in [-0.05, 0) is 90.2 Å². The second-order valence-electron chi connectivity index (χ2n) is 10.7. The van der Waals surface area contributed by atoms with E-state index in [4.69, 9.17) is 0 Å². The van der Waals surface area contributed by atoms with E-state index in [1.165, 1.54) is 29.1 Å². The summed E-state index contributed by atoms with van der Waals surface area (Å²) in [5.74, 6) is -0.698. The Bertz CT molecular complexity index is 1040. The van der Waals surface area contributed by atoms with Crippen LogP contribution in [0.15, 0.2) is 48.5 Å². The molecule has 2 aliphatic heterocycles. The van der Waals surface area contributed by atoms with Crippen molar-refractivity contribution in [3.63, 3.8) is 0 Å². The number of unbranched alkanes of at least 4 members (excludes halogenated alkanes) is 4. The topological polar surface area (TPSA) is 81.2 Å². The molecule has 0 atom stereocenters. The Morgan fingerprint density at radius 1 is 0.462 bits per heavy atom. The van der Waals surface area contributed by atoms with Crippen LogP contribution in [0.25, 0.3) is 0 Å². The molecule has 8 heteroatoms. The molecule has 0 saturated heterocycles. The molecule has 2 aliphatic rings. The fourth-order valence-corrected chi connectivity index (χ4v) is 5.40. The van der Waals surface area contributed by atoms with E-state index >= 15 is 0 Å². The number of carbonyl (C=O) groups excluding carboxylic acids is 4. The Morgan fingerprint density at radius 3 is 1.08 bits per heavy atom. The molecular formula is C31H40N4O4. The molecule has 0 radical (unpaired) electrons. The second kappa shape index (κ2) is 13.6. The van der Waals surface area contributed by atoms with Crippen LogP contribution in [0.2, 0.25) is 0 Å². The lowest BCUT2D eigenvalue weighted by molar-refractivity contribution is 0.0633. The van der Waals surface area contributed by atoms with E-state index in [1.807, 2.05) is 0 Å². The van der Waals surface area contributed by atoms with Crippen LogP contribution in [0.4, 0.5) is 0 Å². The van der Waals surface area contributed by atoms with Crippen molar-refractivity contribution in [3.05, 3.63) is 70.8 Å². The lowest BCUT2D eigenvalue weighted by Gasteiger charge is -2.19. The van der Waals surface area contributed by atoms with E-state index in [2.05, 4.69) is 23.9 Å². The van der Waals surface area contributed by atoms with Crippen LogP contribution in [-0.4, -0.2) is 96.6 Å². The summed E-state index contributed by atoms with van der Waals surface area (Å²) in [7, 11) is 4.19. The van der Waals surface area contributed by atoms with Gasteiger partial charge in [0, 0.05) is 13.1 Å². The fraction of sp³-hybridized carbons (Fsp3) is 0.484. The number of fused-ring (bicyclic) bond motifs is 2. The van der Waals surface area contributed by atoms with Crippen molar-refractivity contribution in [2.45, 2.75) is 44.9 Å². The summed E-state index contributed by atoms with van der Waals surface area (Å²) in [5.41, 5.74) is 2.07. The van der Waals surface area contributed by atoms with E-state index < -0.39 is 0 Å². The summed E-state index contributed by atoms with van der Waals surface area (Å²) in [6.07, 6.45) is 7.41. The molecule has 39 heavy (non-hydrogen) atoms. The van der Waals surface area contributed by atoms with Crippen LogP contribution in [0.3, 0.4) is 0 Å². The van der Waals surface area contributed by atoms with Crippen molar-refractivity contribution < 1.29 is 19.2 Å². The summed E-state index contributed by atoms with van der Waals surface area (Å²) in [5, 5.41) is 0. The molecule has 0 spiro atoms. The van der Waals surface area contributed by atoms with Gasteiger partial charge < -0.3 is 9.80 Å². The highest BCUT2D eigenvalue weighted by atomic mass is 16.2. The Balaban J connectivity index is 0.991. The highest BCUT2D eigenvalue weighted by Gasteiger charge is 2.35. The maximum Gasteiger partial charge on any atom is 0.261 e. The average molecular weight is 533 g/mol. The number of imide groups is 2. The van der Waals surface area contributed by atoms with Crippen LogP contribution in [0.5, 0.6) is 0 Å². The van der Waals surface area contributed by atoms with Crippen molar-refractivity contribution in [3.8, 4) is 0 Å². The van der Waals surface area contributed by atoms with Gasteiger partial charge in [-0.3, -0.25) is 29.0 Å². The van der Waals surface area contributed by atoms with Gasteiger partial charge in [0.2, 0.25) is 0 Å². The number of hydrogen-bond acceptors (Lipinski definition) is 6. The molecular weight excluding hydrogens is 492 g/mol. The van der Waals surface area contributed by atoms with Gasteiger partial charge >= 0.3 is 0 Å². The third-order valence-electron chi connectivity index (χ3n) is 7.68. The van der Waals surface area contributed by atoms with Crippen molar-refractivity contribution in [1.29, 1.82) is 0 Å². The van der Waals surface area contributed by atoms with Gasteiger partial charge in [0.25, 0.3) is 23.6 Å². The predicted octanol–water partition coefficient (Wildman–Crippen LogP) is 4.17. The molecule has 4 rings (SSSR count). The number of nitrogens with zero attached hydrogens (tertiary/aromatic N) is 4. The number of carbonyl (C=O) groups is 4. The smallest absolute Gasteiger partial charge is 0.261 e. The van der Waals surface area contributed by atoms with Crippen LogP contribution >= 0.6 is 0 Å². The van der Waals surface area contributed by atoms with Crippen LogP contribution < -0.4 is 0 Å². The maximum absolute atomic E-state index is 12.5. The number of rotatable bonds is 16. The van der Waals surface area contributed by atoms with Crippen LogP contribution in [-0.2, 0) is 0 Å². The lowest BCUT2D eigenvalue weighted by atomic mass is 10.1. The molecule has 0 N–H and O–H groups in total. The fourth-order valence-electron chi connectivity index (χ4n) is 5.40. The van der Waals surface area contributed by atoms with E-state index in [0.717, 1.165) is 51.9 Å². The minimum atomic E-state index is -0.174. The summed E-state index contributed by atoms with van der Waals surface area (Å²) in [4.78, 5) is 57.1. The quantitative estimate of drug-likeness (QED) is 0.238. The summed E-state index contributed by atoms with van der Waals surface area (Å²) >= 11 is 0. The van der Waals surface area contributed by atoms with E-state index in [0.29, 0.717) is 35.3 Å². The molecule has 2 heterocycles. The summed E-state index contributed by atoms with van der Waals surface area (Å²) in [6, 6.07) is 14.1. The monoisotopic (exact) mass is 532 g/mol. The Morgan fingerprint density at radius 2 is 0.744 bits per heavy atom. The molecule has 0 fully saturated rings. The summed E-state index contributed by atoms with van der Waals surface area (Å²) < 4.78 is 0. The zero-order valence-corrected chi connectivity index (χ0v) is 23.2. The van der Waals surface area contributed by atoms with Crippen molar-refractivity contribution in [1.82, 2.24) is 19.6 Å². The zero-order chi connectivity index (χ0) is 27.8. The van der Waals surface area contributed by atoms with Crippen LogP contribution in [0.1, 0.15) is 86.4 Å². The van der Waals surface area contributed by atoms with Crippen molar-refractivity contribution in [2.75, 3.05) is 53.4 Å². The third-order valence-corrected chi connectivity index (χ3v) is 7.68. The first-order valence-electron chi connectivity index (χ1n) is 14.2. The highest BCUT2D eigenvalue weighted by Crippen LogP contribution is 2.23. The molecule has 2 aromatic carbocycles. The number of hydrogen-bond donors (Lipinski definition) is 0. The molecule has 0 aromatic heterocycles. The highest BCUT2D eigenvalue weighted by molar-refractivity contribution is 6.22. The predicted molar refractivity (Wildman–Crippen MR) is 151 cm³/mol. The average Bonchev–Trinajstić information content (AvgIpc) is 3.33. The molecule has 2 aromatic rings. The van der Waals surface area contributed by atoms with Crippen molar-refractivity contribution in [2.24, 2.45) is 0 Å². The standard InChI is InChI=1S/C31H40N4O4/c1-32(20-12-22-34-28(36)24-14-6-7-15-25(24)29(34)37)18-10-4-3-5-11-19-33(2)21-13-23-35-30(38)26-16-8-9-17-27(26)31(35)39/h6-9,14-17H,3-5,10-13,18-23H2,1-2H3. The van der Waals surface area contributed by atoms with Gasteiger partial charge in [0.15, 0.2) is 0 Å². The normalized spacial score (nSPS) is 14.8. The van der Waals surface area contributed by atoms with Gasteiger partial charge in [-0.2, -0.15) is 0 Å². The SMILES string of the molecule is CN(CCCCCCCN(C)CCCN1C(=O)c2ccccc2C1=O)CCCN1C(=O)c2ccccc2C1=O. The largest absolute Gasteiger partial charge is 0.306 e. The maximum atomic E-state index is 12.5. The number of amides is 4. The number of benzene rings is 2. The first-order chi connectivity index (χ1) is 18.9. The molecule has 0 bridgehead atoms. The molecule has 208 valence electrons. The molecule has 0 unspecified atom stereocenters. The molecule has 8 nitrogen and oxygen atoms in total. The van der Waals surface area contributed by atoms with Gasteiger partial charge in [-0.1, -0.05) is 43.5 Å². The van der Waals surface area contributed by atoms with E-state index in [1.54, 1.807) is 48.5 Å². The van der Waals surface area contributed by atoms with Gasteiger partial charge in [-0.25, -0.2) is 0 Å². The first kappa shape index (κ1) is 28.6. The Hall–Kier alpha value is -3.36. The van der Waals surface area contributed by atoms with E-state index in [9.17, 15) is 19.2 Å².